The fourth-order valence-corrected chi connectivity index (χ4v) is 1.93. The lowest BCUT2D eigenvalue weighted by Gasteiger charge is -2.21. The first-order chi connectivity index (χ1) is 7.95. The van der Waals surface area contributed by atoms with Crippen LogP contribution in [-0.4, -0.2) is 13.1 Å². The third kappa shape index (κ3) is 4.06. The molecule has 2 heteroatoms. The molecule has 17 heavy (non-hydrogen) atoms. The fourth-order valence-electron chi connectivity index (χ4n) is 1.93. The van der Waals surface area contributed by atoms with Crippen molar-refractivity contribution in [2.75, 3.05) is 7.11 Å². The molecule has 0 aliphatic carbocycles. The van der Waals surface area contributed by atoms with E-state index in [9.17, 15) is 4.79 Å². The van der Waals surface area contributed by atoms with Gasteiger partial charge in [-0.25, -0.2) is 0 Å². The third-order valence-electron chi connectivity index (χ3n) is 2.67. The highest BCUT2D eigenvalue weighted by Crippen LogP contribution is 2.27. The molecule has 0 bridgehead atoms. The van der Waals surface area contributed by atoms with Crippen LogP contribution < -0.4 is 0 Å². The molecule has 0 heterocycles. The van der Waals surface area contributed by atoms with Gasteiger partial charge in [-0.05, 0) is 32.8 Å². The zero-order chi connectivity index (χ0) is 12.9. The lowest BCUT2D eigenvalue weighted by molar-refractivity contribution is -0.150. The molecule has 1 aromatic rings. The Kier molecular flexibility index (Phi) is 4.50. The van der Waals surface area contributed by atoms with Crippen molar-refractivity contribution in [3.05, 3.63) is 41.5 Å². The van der Waals surface area contributed by atoms with E-state index >= 15 is 0 Å². The number of benzene rings is 1. The predicted octanol–water partition coefficient (Wildman–Crippen LogP) is 3.68. The first-order valence-corrected chi connectivity index (χ1v) is 5.76. The zero-order valence-electron chi connectivity index (χ0n) is 11.0. The predicted molar refractivity (Wildman–Crippen MR) is 70.5 cm³/mol. The van der Waals surface area contributed by atoms with E-state index in [1.807, 2.05) is 39.0 Å². The first kappa shape index (κ1) is 13.5. The summed E-state index contributed by atoms with van der Waals surface area (Å²) in [5.74, 6) is -0.168. The molecule has 0 fully saturated rings. The minimum absolute atomic E-state index is 0.168. The van der Waals surface area contributed by atoms with Crippen molar-refractivity contribution < 1.29 is 9.53 Å². The van der Waals surface area contributed by atoms with Gasteiger partial charge in [0.2, 0.25) is 0 Å². The smallest absolute Gasteiger partial charge is 0.311 e. The molecule has 0 unspecified atom stereocenters. The normalized spacial score (nSPS) is 12.4. The maximum Gasteiger partial charge on any atom is 0.311 e. The van der Waals surface area contributed by atoms with Gasteiger partial charge in [-0.2, -0.15) is 0 Å². The van der Waals surface area contributed by atoms with Gasteiger partial charge in [-0.1, -0.05) is 42.0 Å². The second-order valence-electron chi connectivity index (χ2n) is 4.95. The van der Waals surface area contributed by atoms with Gasteiger partial charge in [0.25, 0.3) is 0 Å². The summed E-state index contributed by atoms with van der Waals surface area (Å²) in [6.07, 6.45) is 2.80. The average Bonchev–Trinajstić information content (AvgIpc) is 2.28. The topological polar surface area (TPSA) is 26.3 Å². The molecular formula is C15H20O2. The summed E-state index contributed by atoms with van der Waals surface area (Å²) < 4.78 is 4.80. The van der Waals surface area contributed by atoms with Gasteiger partial charge in [0.1, 0.15) is 0 Å². The number of ether oxygens (including phenoxy) is 1. The summed E-state index contributed by atoms with van der Waals surface area (Å²) in [5.41, 5.74) is 1.86. The van der Waals surface area contributed by atoms with Gasteiger partial charge in [0.15, 0.2) is 0 Å². The number of hydrogen-bond donors (Lipinski definition) is 0. The van der Waals surface area contributed by atoms with E-state index in [1.165, 1.54) is 12.7 Å². The Morgan fingerprint density at radius 1 is 1.29 bits per heavy atom. The second-order valence-corrected chi connectivity index (χ2v) is 4.95. The van der Waals surface area contributed by atoms with E-state index in [4.69, 9.17) is 4.74 Å². The number of esters is 1. The summed E-state index contributed by atoms with van der Waals surface area (Å²) in [6, 6.07) is 10.1. The molecule has 0 aromatic heterocycles. The first-order valence-electron chi connectivity index (χ1n) is 5.76. The molecule has 0 aliphatic rings. The van der Waals surface area contributed by atoms with E-state index in [2.05, 4.69) is 18.2 Å². The Morgan fingerprint density at radius 3 is 2.41 bits per heavy atom. The molecule has 0 amide bonds. The number of allylic oxidation sites excluding steroid dienone is 1. The number of carbonyl (C=O) groups is 1. The van der Waals surface area contributed by atoms with E-state index in [0.717, 1.165) is 5.56 Å². The Morgan fingerprint density at radius 2 is 1.88 bits per heavy atom. The number of methoxy groups -OCH3 is 1. The van der Waals surface area contributed by atoms with Crippen molar-refractivity contribution in [1.82, 2.24) is 0 Å². The van der Waals surface area contributed by atoms with E-state index in [-0.39, 0.29) is 5.97 Å². The van der Waals surface area contributed by atoms with Crippen LogP contribution in [0.3, 0.4) is 0 Å². The van der Waals surface area contributed by atoms with Gasteiger partial charge in [0, 0.05) is 0 Å². The molecular weight excluding hydrogens is 212 g/mol. The lowest BCUT2D eigenvalue weighted by atomic mass is 9.85. The van der Waals surface area contributed by atoms with Gasteiger partial charge >= 0.3 is 5.97 Å². The molecule has 2 nitrogen and oxygen atoms in total. The van der Waals surface area contributed by atoms with E-state index in [1.54, 1.807) is 0 Å². The quantitative estimate of drug-likeness (QED) is 0.740. The van der Waals surface area contributed by atoms with Crippen molar-refractivity contribution in [2.24, 2.45) is 5.41 Å². The largest absolute Gasteiger partial charge is 0.469 e. The van der Waals surface area contributed by atoms with Crippen LogP contribution in [0.5, 0.6) is 0 Å². The molecule has 1 aromatic carbocycles. The molecule has 0 spiro atoms. The van der Waals surface area contributed by atoms with E-state index in [0.29, 0.717) is 6.42 Å². The molecule has 0 saturated carbocycles. The third-order valence-corrected chi connectivity index (χ3v) is 2.67. The van der Waals surface area contributed by atoms with Crippen molar-refractivity contribution in [1.29, 1.82) is 0 Å². The molecule has 0 saturated heterocycles. The highest BCUT2D eigenvalue weighted by molar-refractivity contribution is 5.76. The second kappa shape index (κ2) is 5.67. The molecule has 0 atom stereocenters. The summed E-state index contributed by atoms with van der Waals surface area (Å²) in [5, 5.41) is 0. The van der Waals surface area contributed by atoms with Crippen LogP contribution >= 0.6 is 0 Å². The Hall–Kier alpha value is -1.57. The number of hydrogen-bond acceptors (Lipinski definition) is 2. The number of carbonyl (C=O) groups excluding carboxylic acids is 1. The summed E-state index contributed by atoms with van der Waals surface area (Å²) in [6.45, 7) is 5.85. The molecule has 0 aliphatic heterocycles. The molecule has 92 valence electrons. The molecule has 0 radical (unpaired) electrons. The van der Waals surface area contributed by atoms with E-state index < -0.39 is 5.41 Å². The maximum absolute atomic E-state index is 11.6. The van der Waals surface area contributed by atoms with Crippen LogP contribution in [0, 0.1) is 5.41 Å². The Balaban J connectivity index is 2.76. The van der Waals surface area contributed by atoms with Crippen LogP contribution in [0.2, 0.25) is 0 Å². The molecule has 1 rings (SSSR count). The van der Waals surface area contributed by atoms with Crippen LogP contribution in [0.15, 0.2) is 35.9 Å². The van der Waals surface area contributed by atoms with Crippen LogP contribution in [0.4, 0.5) is 0 Å². The van der Waals surface area contributed by atoms with Gasteiger partial charge in [0.05, 0.1) is 12.5 Å². The monoisotopic (exact) mass is 232 g/mol. The highest BCUT2D eigenvalue weighted by atomic mass is 16.5. The highest BCUT2D eigenvalue weighted by Gasteiger charge is 2.28. The zero-order valence-corrected chi connectivity index (χ0v) is 11.0. The van der Waals surface area contributed by atoms with Crippen molar-refractivity contribution in [3.63, 3.8) is 0 Å². The van der Waals surface area contributed by atoms with Crippen LogP contribution in [0.25, 0.3) is 6.08 Å². The fraction of sp³-hybridized carbons (Fsp3) is 0.400. The van der Waals surface area contributed by atoms with Crippen molar-refractivity contribution in [3.8, 4) is 0 Å². The van der Waals surface area contributed by atoms with Crippen LogP contribution in [0.1, 0.15) is 32.8 Å². The Bertz CT molecular complexity index is 402. The van der Waals surface area contributed by atoms with Gasteiger partial charge in [-0.15, -0.1) is 0 Å². The minimum atomic E-state index is -0.468. The summed E-state index contributed by atoms with van der Waals surface area (Å²) in [7, 11) is 1.43. The maximum atomic E-state index is 11.6. The summed E-state index contributed by atoms with van der Waals surface area (Å²) in [4.78, 5) is 11.6. The summed E-state index contributed by atoms with van der Waals surface area (Å²) >= 11 is 0. The Labute approximate surface area is 103 Å². The molecule has 0 N–H and O–H groups in total. The van der Waals surface area contributed by atoms with Gasteiger partial charge < -0.3 is 4.74 Å². The average molecular weight is 232 g/mol. The standard InChI is InChI=1S/C15H20O2/c1-12(10-13-8-6-5-7-9-13)11-15(2,3)14(16)17-4/h5-10H,11H2,1-4H3/b12-10+. The SMILES string of the molecule is COC(=O)C(C)(C)C/C(C)=C/c1ccccc1. The number of rotatable bonds is 4. The van der Waals surface area contributed by atoms with Crippen molar-refractivity contribution in [2.45, 2.75) is 27.2 Å². The van der Waals surface area contributed by atoms with Crippen molar-refractivity contribution >= 4 is 12.0 Å². The minimum Gasteiger partial charge on any atom is -0.469 e. The van der Waals surface area contributed by atoms with Crippen LogP contribution in [-0.2, 0) is 9.53 Å². The lowest BCUT2D eigenvalue weighted by Crippen LogP contribution is -2.25. The van der Waals surface area contributed by atoms with Gasteiger partial charge in [-0.3, -0.25) is 4.79 Å².